The van der Waals surface area contributed by atoms with E-state index in [0.717, 1.165) is 12.3 Å². The molecule has 18 heavy (non-hydrogen) atoms. The number of oxime groups is 1. The molecule has 0 radical (unpaired) electrons. The zero-order valence-electron chi connectivity index (χ0n) is 11.4. The monoisotopic (exact) mass is 255 g/mol. The molecule has 0 aromatic carbocycles. The minimum atomic E-state index is -0.543. The van der Waals surface area contributed by atoms with Crippen molar-refractivity contribution in [1.29, 1.82) is 0 Å². The summed E-state index contributed by atoms with van der Waals surface area (Å²) in [4.78, 5) is 12.0. The van der Waals surface area contributed by atoms with Crippen molar-refractivity contribution in [2.75, 3.05) is 6.54 Å². The third-order valence-corrected chi connectivity index (χ3v) is 3.71. The Labute approximate surface area is 109 Å². The minimum absolute atomic E-state index is 0.0108. The van der Waals surface area contributed by atoms with Crippen LogP contribution in [-0.4, -0.2) is 23.5 Å². The van der Waals surface area contributed by atoms with E-state index < -0.39 is 5.92 Å². The molecule has 1 aliphatic rings. The molecular weight excluding hydrogens is 230 g/mol. The van der Waals surface area contributed by atoms with Gasteiger partial charge in [-0.2, -0.15) is 0 Å². The summed E-state index contributed by atoms with van der Waals surface area (Å²) in [6, 6.07) is 0. The van der Waals surface area contributed by atoms with Gasteiger partial charge in [-0.15, -0.1) is 0 Å². The average molecular weight is 255 g/mol. The smallest absolute Gasteiger partial charge is 0.231 e. The zero-order valence-corrected chi connectivity index (χ0v) is 11.4. The fourth-order valence-electron chi connectivity index (χ4n) is 2.65. The van der Waals surface area contributed by atoms with Crippen LogP contribution in [0.4, 0.5) is 0 Å². The van der Waals surface area contributed by atoms with Gasteiger partial charge in [-0.1, -0.05) is 44.7 Å². The van der Waals surface area contributed by atoms with Crippen LogP contribution in [0.5, 0.6) is 0 Å². The Bertz CT molecular complexity index is 297. The summed E-state index contributed by atoms with van der Waals surface area (Å²) < 4.78 is 0. The highest BCUT2D eigenvalue weighted by Crippen LogP contribution is 2.26. The lowest BCUT2D eigenvalue weighted by Gasteiger charge is -2.19. The Balaban J connectivity index is 2.37. The summed E-state index contributed by atoms with van der Waals surface area (Å²) >= 11 is 0. The quantitative estimate of drug-likeness (QED) is 0.292. The molecule has 1 fully saturated rings. The minimum Gasteiger partial charge on any atom is -0.409 e. The van der Waals surface area contributed by atoms with Gasteiger partial charge in [0.15, 0.2) is 5.84 Å². The lowest BCUT2D eigenvalue weighted by Crippen LogP contribution is -2.42. The third kappa shape index (κ3) is 4.20. The first-order valence-corrected chi connectivity index (χ1v) is 6.81. The predicted molar refractivity (Wildman–Crippen MR) is 71.3 cm³/mol. The van der Waals surface area contributed by atoms with Gasteiger partial charge in [0.25, 0.3) is 0 Å². The van der Waals surface area contributed by atoms with Gasteiger partial charge >= 0.3 is 0 Å². The SMILES string of the molecule is CC(C)C(C(=O)NCCC1CCCC1)/C(N)=N/O. The maximum absolute atomic E-state index is 12.0. The first-order valence-electron chi connectivity index (χ1n) is 6.81. The highest BCUT2D eigenvalue weighted by Gasteiger charge is 2.26. The molecule has 1 amide bonds. The van der Waals surface area contributed by atoms with Crippen molar-refractivity contribution in [1.82, 2.24) is 5.32 Å². The van der Waals surface area contributed by atoms with Crippen LogP contribution < -0.4 is 11.1 Å². The summed E-state index contributed by atoms with van der Waals surface area (Å²) in [6.45, 7) is 4.46. The maximum Gasteiger partial charge on any atom is 0.231 e. The van der Waals surface area contributed by atoms with E-state index in [1.54, 1.807) is 0 Å². The van der Waals surface area contributed by atoms with Crippen molar-refractivity contribution in [3.8, 4) is 0 Å². The van der Waals surface area contributed by atoms with Crippen molar-refractivity contribution in [3.05, 3.63) is 0 Å². The van der Waals surface area contributed by atoms with Gasteiger partial charge < -0.3 is 16.3 Å². The van der Waals surface area contributed by atoms with Crippen LogP contribution >= 0.6 is 0 Å². The second-order valence-electron chi connectivity index (χ2n) is 5.48. The summed E-state index contributed by atoms with van der Waals surface area (Å²) in [5.74, 6) is 0.0827. The topological polar surface area (TPSA) is 87.7 Å². The van der Waals surface area contributed by atoms with Crippen molar-refractivity contribution in [3.63, 3.8) is 0 Å². The highest BCUT2D eigenvalue weighted by molar-refractivity contribution is 6.02. The largest absolute Gasteiger partial charge is 0.409 e. The van der Waals surface area contributed by atoms with E-state index >= 15 is 0 Å². The highest BCUT2D eigenvalue weighted by atomic mass is 16.4. The molecule has 0 saturated heterocycles. The van der Waals surface area contributed by atoms with Crippen LogP contribution in [0.1, 0.15) is 46.0 Å². The maximum atomic E-state index is 12.0. The normalized spacial score (nSPS) is 19.2. The first kappa shape index (κ1) is 14.8. The number of hydrogen-bond donors (Lipinski definition) is 3. The zero-order chi connectivity index (χ0) is 13.5. The van der Waals surface area contributed by atoms with Crippen molar-refractivity contribution < 1.29 is 10.0 Å². The molecule has 0 aromatic rings. The van der Waals surface area contributed by atoms with Gasteiger partial charge in [0, 0.05) is 6.54 Å². The molecular formula is C13H25N3O2. The van der Waals surface area contributed by atoms with E-state index in [1.165, 1.54) is 25.7 Å². The molecule has 1 atom stereocenters. The standard InChI is InChI=1S/C13H25N3O2/c1-9(2)11(12(14)16-18)13(17)15-8-7-10-5-3-4-6-10/h9-11,18H,3-8H2,1-2H3,(H2,14,16)(H,15,17). The Morgan fingerprint density at radius 1 is 1.44 bits per heavy atom. The number of hydrogen-bond acceptors (Lipinski definition) is 3. The van der Waals surface area contributed by atoms with Crippen molar-refractivity contribution in [2.45, 2.75) is 46.0 Å². The molecule has 5 heteroatoms. The third-order valence-electron chi connectivity index (χ3n) is 3.71. The number of carbonyl (C=O) groups excluding carboxylic acids is 1. The number of nitrogens with two attached hydrogens (primary N) is 1. The molecule has 0 bridgehead atoms. The number of amides is 1. The summed E-state index contributed by atoms with van der Waals surface area (Å²) in [5, 5.41) is 14.5. The molecule has 104 valence electrons. The summed E-state index contributed by atoms with van der Waals surface area (Å²) in [5.41, 5.74) is 5.55. The number of rotatable bonds is 6. The number of amidine groups is 1. The fraction of sp³-hybridized carbons (Fsp3) is 0.846. The van der Waals surface area contributed by atoms with E-state index in [2.05, 4.69) is 10.5 Å². The molecule has 1 rings (SSSR count). The summed E-state index contributed by atoms with van der Waals surface area (Å²) in [6.07, 6.45) is 6.23. The van der Waals surface area contributed by atoms with Gasteiger partial charge in [-0.05, 0) is 18.3 Å². The Morgan fingerprint density at radius 3 is 2.56 bits per heavy atom. The van der Waals surface area contributed by atoms with Crippen LogP contribution in [0.15, 0.2) is 5.16 Å². The van der Waals surface area contributed by atoms with Gasteiger partial charge in [0.2, 0.25) is 5.91 Å². The molecule has 1 saturated carbocycles. The van der Waals surface area contributed by atoms with Crippen molar-refractivity contribution >= 4 is 11.7 Å². The van der Waals surface area contributed by atoms with Gasteiger partial charge in [0.1, 0.15) is 5.92 Å². The van der Waals surface area contributed by atoms with Crippen LogP contribution in [-0.2, 0) is 4.79 Å². The van der Waals surface area contributed by atoms with E-state index in [9.17, 15) is 4.79 Å². The Kier molecular flexibility index (Phi) is 5.95. The molecule has 1 aliphatic carbocycles. The van der Waals surface area contributed by atoms with Crippen LogP contribution in [0.2, 0.25) is 0 Å². The molecule has 0 aromatic heterocycles. The summed E-state index contributed by atoms with van der Waals surface area (Å²) in [7, 11) is 0. The number of nitrogens with one attached hydrogen (secondary N) is 1. The fourth-order valence-corrected chi connectivity index (χ4v) is 2.65. The van der Waals surface area contributed by atoms with Crippen LogP contribution in [0.25, 0.3) is 0 Å². The van der Waals surface area contributed by atoms with Gasteiger partial charge in [0.05, 0.1) is 0 Å². The number of nitrogens with zero attached hydrogens (tertiary/aromatic N) is 1. The van der Waals surface area contributed by atoms with E-state index in [-0.39, 0.29) is 17.7 Å². The van der Waals surface area contributed by atoms with Crippen LogP contribution in [0, 0.1) is 17.8 Å². The lowest BCUT2D eigenvalue weighted by molar-refractivity contribution is -0.124. The second kappa shape index (κ2) is 7.24. The molecule has 0 aliphatic heterocycles. The Hall–Kier alpha value is -1.26. The molecule has 0 spiro atoms. The van der Waals surface area contributed by atoms with Crippen LogP contribution in [0.3, 0.4) is 0 Å². The lowest BCUT2D eigenvalue weighted by atomic mass is 9.93. The van der Waals surface area contributed by atoms with Gasteiger partial charge in [-0.3, -0.25) is 4.79 Å². The van der Waals surface area contributed by atoms with Gasteiger partial charge in [-0.25, -0.2) is 0 Å². The number of carbonyl (C=O) groups is 1. The predicted octanol–water partition coefficient (Wildman–Crippen LogP) is 1.70. The van der Waals surface area contributed by atoms with E-state index in [4.69, 9.17) is 10.9 Å². The van der Waals surface area contributed by atoms with E-state index in [1.807, 2.05) is 13.8 Å². The first-order chi connectivity index (χ1) is 8.56. The van der Waals surface area contributed by atoms with E-state index in [0.29, 0.717) is 6.54 Å². The molecule has 1 unspecified atom stereocenters. The molecule has 4 N–H and O–H groups in total. The molecule has 0 heterocycles. The molecule has 5 nitrogen and oxygen atoms in total. The van der Waals surface area contributed by atoms with Crippen molar-refractivity contribution in [2.24, 2.45) is 28.6 Å². The Morgan fingerprint density at radius 2 is 2.06 bits per heavy atom. The second-order valence-corrected chi connectivity index (χ2v) is 5.48. The average Bonchev–Trinajstić information content (AvgIpc) is 2.81.